The largest absolute Gasteiger partial charge is 0.468 e. The lowest BCUT2D eigenvalue weighted by Crippen LogP contribution is -2.41. The summed E-state index contributed by atoms with van der Waals surface area (Å²) in [5.74, 6) is 1.17. The van der Waals surface area contributed by atoms with Crippen molar-refractivity contribution in [1.29, 1.82) is 0 Å². The number of nitrogens with zero attached hydrogens (tertiary/aromatic N) is 4. The summed E-state index contributed by atoms with van der Waals surface area (Å²) in [4.78, 5) is 16.9. The van der Waals surface area contributed by atoms with E-state index in [9.17, 15) is 5.11 Å². The Morgan fingerprint density at radius 2 is 2.06 bits per heavy atom. The summed E-state index contributed by atoms with van der Waals surface area (Å²) in [6, 6.07) is 1.83. The van der Waals surface area contributed by atoms with Crippen molar-refractivity contribution in [3.63, 3.8) is 0 Å². The second-order valence-corrected chi connectivity index (χ2v) is 10.0. The number of halogens is 1. The normalized spacial score (nSPS) is 20.5. The second-order valence-electron chi connectivity index (χ2n) is 8.64. The van der Waals surface area contributed by atoms with Gasteiger partial charge in [-0.1, -0.05) is 23.4 Å². The molecule has 3 aliphatic heterocycles. The first-order valence-electron chi connectivity index (χ1n) is 10.9. The van der Waals surface area contributed by atoms with Crippen molar-refractivity contribution in [1.82, 2.24) is 15.0 Å². The number of pyridine rings is 1. The third-order valence-electron chi connectivity index (χ3n) is 6.45. The highest BCUT2D eigenvalue weighted by atomic mass is 35.5. The predicted octanol–water partition coefficient (Wildman–Crippen LogP) is 3.26. The molecule has 0 amide bonds. The molecule has 0 bridgehead atoms. The Hall–Kier alpha value is -1.65. The Bertz CT molecular complexity index is 975. The summed E-state index contributed by atoms with van der Waals surface area (Å²) in [7, 11) is 0. The molecule has 0 saturated carbocycles. The lowest BCUT2D eigenvalue weighted by Gasteiger charge is -2.39. The van der Waals surface area contributed by atoms with E-state index in [-0.39, 0.29) is 12.7 Å². The highest BCUT2D eigenvalue weighted by Crippen LogP contribution is 2.41. The first kappa shape index (κ1) is 22.2. The van der Waals surface area contributed by atoms with E-state index in [1.54, 1.807) is 6.20 Å². The maximum absolute atomic E-state index is 10.0. The minimum absolute atomic E-state index is 0.0125. The number of aromatic nitrogens is 3. The average molecular weight is 479 g/mol. The lowest BCUT2D eigenvalue weighted by atomic mass is 9.78. The smallest absolute Gasteiger partial charge is 0.234 e. The number of hydrogen-bond donors (Lipinski definition) is 1. The van der Waals surface area contributed by atoms with Crippen LogP contribution in [0.2, 0.25) is 5.02 Å². The van der Waals surface area contributed by atoms with Gasteiger partial charge in [-0.05, 0) is 37.7 Å². The van der Waals surface area contributed by atoms with Crippen LogP contribution in [-0.2, 0) is 16.1 Å². The van der Waals surface area contributed by atoms with E-state index in [1.165, 1.54) is 11.8 Å². The van der Waals surface area contributed by atoms with E-state index >= 15 is 0 Å². The maximum Gasteiger partial charge on any atom is 0.234 e. The molecule has 2 aromatic rings. The lowest BCUT2D eigenvalue weighted by molar-refractivity contribution is -0.0813. The van der Waals surface area contributed by atoms with Crippen LogP contribution in [0.1, 0.15) is 30.7 Å². The molecule has 5 heterocycles. The van der Waals surface area contributed by atoms with Crippen molar-refractivity contribution >= 4 is 29.2 Å². The first-order chi connectivity index (χ1) is 15.6. The van der Waals surface area contributed by atoms with Gasteiger partial charge in [0.05, 0.1) is 32.1 Å². The molecular weight excluding hydrogens is 452 g/mol. The number of hydrogen-bond acceptors (Lipinski definition) is 9. The van der Waals surface area contributed by atoms with E-state index in [2.05, 4.69) is 9.88 Å². The van der Waals surface area contributed by atoms with Gasteiger partial charge in [-0.2, -0.15) is 0 Å². The van der Waals surface area contributed by atoms with Gasteiger partial charge in [0.25, 0.3) is 0 Å². The fourth-order valence-electron chi connectivity index (χ4n) is 4.33. The number of rotatable bonds is 6. The quantitative estimate of drug-likeness (QED) is 0.671. The standard InChI is InChI=1S/C22H27ClN4O4S/c1-14-21(32-17-2-6-24-20(18(17)23)31-15-11-30-12-15)26-16(10-28)19(25-14)27-7-3-22(4-8-27)5-9-29-13-22/h2,6,15,28H,3-5,7-13H2,1H3. The zero-order valence-corrected chi connectivity index (χ0v) is 19.6. The van der Waals surface area contributed by atoms with Crippen molar-refractivity contribution in [3.8, 4) is 5.88 Å². The van der Waals surface area contributed by atoms with E-state index < -0.39 is 0 Å². The van der Waals surface area contributed by atoms with Crippen LogP contribution in [0.4, 0.5) is 5.82 Å². The molecule has 172 valence electrons. The number of piperidine rings is 1. The van der Waals surface area contributed by atoms with Gasteiger partial charge in [-0.15, -0.1) is 0 Å². The molecule has 8 nitrogen and oxygen atoms in total. The Labute approximate surface area is 196 Å². The molecule has 1 spiro atoms. The average Bonchev–Trinajstić information content (AvgIpc) is 3.22. The van der Waals surface area contributed by atoms with Gasteiger partial charge in [0.1, 0.15) is 21.8 Å². The van der Waals surface area contributed by atoms with Gasteiger partial charge >= 0.3 is 0 Å². The predicted molar refractivity (Wildman–Crippen MR) is 121 cm³/mol. The van der Waals surface area contributed by atoms with E-state index in [0.717, 1.165) is 62.0 Å². The van der Waals surface area contributed by atoms with Crippen LogP contribution in [-0.4, -0.2) is 65.7 Å². The molecule has 5 rings (SSSR count). The number of aliphatic hydroxyl groups excluding tert-OH is 1. The summed E-state index contributed by atoms with van der Waals surface area (Å²) in [5, 5.41) is 11.2. The van der Waals surface area contributed by atoms with Crippen LogP contribution in [0.5, 0.6) is 5.88 Å². The molecule has 3 saturated heterocycles. The zero-order chi connectivity index (χ0) is 22.1. The van der Waals surface area contributed by atoms with Crippen LogP contribution in [0.15, 0.2) is 22.2 Å². The molecule has 2 aromatic heterocycles. The number of ether oxygens (including phenoxy) is 3. The third-order valence-corrected chi connectivity index (χ3v) is 8.07. The summed E-state index contributed by atoms with van der Waals surface area (Å²) in [6.45, 7) is 6.40. The van der Waals surface area contributed by atoms with Crippen LogP contribution < -0.4 is 9.64 Å². The topological polar surface area (TPSA) is 89.8 Å². The fraction of sp³-hybridized carbons (Fsp3) is 0.591. The molecule has 0 unspecified atom stereocenters. The minimum Gasteiger partial charge on any atom is -0.468 e. The maximum atomic E-state index is 10.0. The highest BCUT2D eigenvalue weighted by molar-refractivity contribution is 7.99. The molecule has 0 aliphatic carbocycles. The molecule has 32 heavy (non-hydrogen) atoms. The third kappa shape index (κ3) is 4.41. The van der Waals surface area contributed by atoms with Gasteiger partial charge in [0.15, 0.2) is 5.82 Å². The van der Waals surface area contributed by atoms with Crippen LogP contribution >= 0.6 is 23.4 Å². The minimum atomic E-state index is -0.166. The Balaban J connectivity index is 1.34. The van der Waals surface area contributed by atoms with E-state index in [4.69, 9.17) is 35.8 Å². The Kier molecular flexibility index (Phi) is 6.44. The van der Waals surface area contributed by atoms with Crippen LogP contribution in [0, 0.1) is 12.3 Å². The summed E-state index contributed by atoms with van der Waals surface area (Å²) in [5.41, 5.74) is 1.71. The van der Waals surface area contributed by atoms with Gasteiger partial charge in [-0.25, -0.2) is 15.0 Å². The zero-order valence-electron chi connectivity index (χ0n) is 18.1. The molecule has 0 aromatic carbocycles. The molecular formula is C22H27ClN4O4S. The molecule has 3 fully saturated rings. The first-order valence-corrected chi connectivity index (χ1v) is 12.1. The summed E-state index contributed by atoms with van der Waals surface area (Å²) < 4.78 is 16.6. The summed E-state index contributed by atoms with van der Waals surface area (Å²) in [6.07, 6.45) is 4.96. The number of aryl methyl sites for hydroxylation is 1. The van der Waals surface area contributed by atoms with Gasteiger partial charge in [0.2, 0.25) is 5.88 Å². The number of aliphatic hydroxyl groups is 1. The van der Waals surface area contributed by atoms with Gasteiger partial charge in [-0.3, -0.25) is 0 Å². The van der Waals surface area contributed by atoms with E-state index in [1.807, 2.05) is 13.0 Å². The molecule has 0 radical (unpaired) electrons. The van der Waals surface area contributed by atoms with Crippen LogP contribution in [0.25, 0.3) is 0 Å². The van der Waals surface area contributed by atoms with Gasteiger partial charge < -0.3 is 24.2 Å². The van der Waals surface area contributed by atoms with E-state index in [0.29, 0.717) is 40.3 Å². The molecule has 3 aliphatic rings. The molecule has 1 N–H and O–H groups in total. The van der Waals surface area contributed by atoms with Crippen molar-refractivity contribution < 1.29 is 19.3 Å². The monoisotopic (exact) mass is 478 g/mol. The van der Waals surface area contributed by atoms with Crippen molar-refractivity contribution in [3.05, 3.63) is 28.7 Å². The van der Waals surface area contributed by atoms with Crippen molar-refractivity contribution in [2.24, 2.45) is 5.41 Å². The van der Waals surface area contributed by atoms with Crippen molar-refractivity contribution in [2.45, 2.75) is 48.8 Å². The molecule has 0 atom stereocenters. The fourth-order valence-corrected chi connectivity index (χ4v) is 5.47. The Morgan fingerprint density at radius 1 is 1.25 bits per heavy atom. The molecule has 10 heteroatoms. The Morgan fingerprint density at radius 3 is 2.72 bits per heavy atom. The summed E-state index contributed by atoms with van der Waals surface area (Å²) >= 11 is 7.96. The van der Waals surface area contributed by atoms with Crippen molar-refractivity contribution in [2.75, 3.05) is 44.4 Å². The van der Waals surface area contributed by atoms with Crippen LogP contribution in [0.3, 0.4) is 0 Å². The number of anilines is 1. The second kappa shape index (κ2) is 9.30. The SMILES string of the molecule is Cc1nc(N2CCC3(CCOC3)CC2)c(CO)nc1Sc1ccnc(OC2COC2)c1Cl. The van der Waals surface area contributed by atoms with Gasteiger partial charge in [0, 0.05) is 30.8 Å². The highest BCUT2D eigenvalue weighted by Gasteiger charge is 2.38.